The maximum absolute atomic E-state index is 12.5. The van der Waals surface area contributed by atoms with Gasteiger partial charge in [0.15, 0.2) is 0 Å². The first kappa shape index (κ1) is 18.7. The third kappa shape index (κ3) is 4.95. The smallest absolute Gasteiger partial charge is 0.271 e. The van der Waals surface area contributed by atoms with Crippen molar-refractivity contribution in [2.24, 2.45) is 0 Å². The number of rotatable bonds is 5. The minimum Gasteiger partial charge on any atom is -0.271 e. The number of carbonyl (C=O) groups excluding carboxylic acids is 2. The summed E-state index contributed by atoms with van der Waals surface area (Å²) in [5, 5.41) is 4.79. The molecule has 0 radical (unpaired) electrons. The molecule has 0 aliphatic rings. The van der Waals surface area contributed by atoms with E-state index in [1.807, 2.05) is 50.2 Å². The highest BCUT2D eigenvalue weighted by Crippen LogP contribution is 2.28. The summed E-state index contributed by atoms with van der Waals surface area (Å²) in [7, 11) is 0. The number of hydrogen-bond acceptors (Lipinski definition) is 5. The monoisotopic (exact) mass is 381 g/mol. The van der Waals surface area contributed by atoms with Crippen molar-refractivity contribution < 1.29 is 9.59 Å². The van der Waals surface area contributed by atoms with Gasteiger partial charge in [0.05, 0.1) is 11.3 Å². The zero-order valence-corrected chi connectivity index (χ0v) is 15.8. The standard InChI is InChI=1S/C19H19N5O2S/c1-13-11-14(2)24(23-13)12-17(25)21-22-18(26)16-9-6-10-20-19(16)27-15-7-4-3-5-8-15/h3-11H,12H2,1-2H3,(H,21,25)(H,22,26). The molecule has 1 aromatic carbocycles. The van der Waals surface area contributed by atoms with Gasteiger partial charge in [0.1, 0.15) is 11.6 Å². The average Bonchev–Trinajstić information content (AvgIpc) is 2.98. The van der Waals surface area contributed by atoms with Gasteiger partial charge in [-0.05, 0) is 44.2 Å². The Morgan fingerprint density at radius 3 is 2.56 bits per heavy atom. The van der Waals surface area contributed by atoms with E-state index in [1.54, 1.807) is 23.0 Å². The molecule has 27 heavy (non-hydrogen) atoms. The van der Waals surface area contributed by atoms with Gasteiger partial charge in [0, 0.05) is 16.8 Å². The molecule has 0 atom stereocenters. The largest absolute Gasteiger partial charge is 0.272 e. The Hall–Kier alpha value is -3.13. The summed E-state index contributed by atoms with van der Waals surface area (Å²) >= 11 is 1.39. The second-order valence-electron chi connectivity index (χ2n) is 5.86. The summed E-state index contributed by atoms with van der Waals surface area (Å²) in [4.78, 5) is 29.8. The van der Waals surface area contributed by atoms with Crippen molar-refractivity contribution in [2.75, 3.05) is 0 Å². The van der Waals surface area contributed by atoms with Gasteiger partial charge in [-0.25, -0.2) is 4.98 Å². The maximum Gasteiger partial charge on any atom is 0.272 e. The lowest BCUT2D eigenvalue weighted by Crippen LogP contribution is -2.43. The molecule has 0 bridgehead atoms. The summed E-state index contributed by atoms with van der Waals surface area (Å²) < 4.78 is 1.58. The van der Waals surface area contributed by atoms with Gasteiger partial charge in [-0.1, -0.05) is 30.0 Å². The van der Waals surface area contributed by atoms with E-state index < -0.39 is 5.91 Å². The number of benzene rings is 1. The van der Waals surface area contributed by atoms with Gasteiger partial charge in [-0.2, -0.15) is 5.10 Å². The van der Waals surface area contributed by atoms with Crippen molar-refractivity contribution in [3.8, 4) is 0 Å². The Kier molecular flexibility index (Phi) is 5.87. The molecule has 2 aromatic heterocycles. The Bertz CT molecular complexity index is 956. The van der Waals surface area contributed by atoms with Crippen molar-refractivity contribution >= 4 is 23.6 Å². The Balaban J connectivity index is 1.62. The first-order valence-electron chi connectivity index (χ1n) is 8.31. The van der Waals surface area contributed by atoms with Crippen molar-refractivity contribution in [3.05, 3.63) is 71.7 Å². The quantitative estimate of drug-likeness (QED) is 0.663. The molecule has 3 aromatic rings. The summed E-state index contributed by atoms with van der Waals surface area (Å²) in [6.07, 6.45) is 1.63. The minimum absolute atomic E-state index is 0.0264. The minimum atomic E-state index is -0.428. The van der Waals surface area contributed by atoms with Crippen molar-refractivity contribution in [1.29, 1.82) is 0 Å². The number of aromatic nitrogens is 3. The fourth-order valence-corrected chi connectivity index (χ4v) is 3.35. The zero-order valence-electron chi connectivity index (χ0n) is 15.0. The van der Waals surface area contributed by atoms with Crippen LogP contribution in [0.3, 0.4) is 0 Å². The predicted octanol–water partition coefficient (Wildman–Crippen LogP) is 2.51. The van der Waals surface area contributed by atoms with Crippen LogP contribution in [-0.4, -0.2) is 26.6 Å². The first-order valence-corrected chi connectivity index (χ1v) is 9.13. The highest BCUT2D eigenvalue weighted by molar-refractivity contribution is 7.99. The van der Waals surface area contributed by atoms with Crippen LogP contribution in [0.1, 0.15) is 21.7 Å². The highest BCUT2D eigenvalue weighted by Gasteiger charge is 2.15. The molecule has 7 nitrogen and oxygen atoms in total. The number of amides is 2. The number of hydrazine groups is 1. The molecule has 2 N–H and O–H groups in total. The van der Waals surface area contributed by atoms with Crippen LogP contribution < -0.4 is 10.9 Å². The number of aryl methyl sites for hydroxylation is 2. The molecule has 8 heteroatoms. The molecular weight excluding hydrogens is 362 g/mol. The fourth-order valence-electron chi connectivity index (χ4n) is 2.45. The molecular formula is C19H19N5O2S. The molecule has 0 saturated heterocycles. The van der Waals surface area contributed by atoms with E-state index in [0.29, 0.717) is 10.6 Å². The van der Waals surface area contributed by atoms with Crippen LogP contribution >= 0.6 is 11.8 Å². The average molecular weight is 381 g/mol. The van der Waals surface area contributed by atoms with Crippen molar-refractivity contribution in [1.82, 2.24) is 25.6 Å². The molecule has 0 spiro atoms. The zero-order chi connectivity index (χ0) is 19.2. The lowest BCUT2D eigenvalue weighted by Gasteiger charge is -2.10. The number of hydrogen-bond donors (Lipinski definition) is 2. The molecule has 0 aliphatic heterocycles. The Morgan fingerprint density at radius 2 is 1.85 bits per heavy atom. The maximum atomic E-state index is 12.5. The van der Waals surface area contributed by atoms with E-state index in [-0.39, 0.29) is 12.5 Å². The molecule has 2 heterocycles. The van der Waals surface area contributed by atoms with Crippen LogP contribution in [0.2, 0.25) is 0 Å². The van der Waals surface area contributed by atoms with Crippen LogP contribution in [0.15, 0.2) is 64.6 Å². The summed E-state index contributed by atoms with van der Waals surface area (Å²) in [5.41, 5.74) is 6.96. The third-order valence-corrected chi connectivity index (χ3v) is 4.71. The third-order valence-electron chi connectivity index (χ3n) is 3.69. The number of carbonyl (C=O) groups is 2. The lowest BCUT2D eigenvalue weighted by atomic mass is 10.3. The molecule has 138 valence electrons. The van der Waals surface area contributed by atoms with E-state index in [1.165, 1.54) is 11.8 Å². The molecule has 2 amide bonds. The summed E-state index contributed by atoms with van der Waals surface area (Å²) in [6, 6.07) is 14.9. The molecule has 3 rings (SSSR count). The lowest BCUT2D eigenvalue weighted by molar-refractivity contribution is -0.122. The van der Waals surface area contributed by atoms with E-state index in [9.17, 15) is 9.59 Å². The van der Waals surface area contributed by atoms with E-state index in [0.717, 1.165) is 16.3 Å². The number of pyridine rings is 1. The topological polar surface area (TPSA) is 88.9 Å². The van der Waals surface area contributed by atoms with Crippen LogP contribution in [0.4, 0.5) is 0 Å². The fraction of sp³-hybridized carbons (Fsp3) is 0.158. The van der Waals surface area contributed by atoms with Gasteiger partial charge in [-0.3, -0.25) is 25.1 Å². The molecule has 0 aliphatic carbocycles. The van der Waals surface area contributed by atoms with E-state index in [4.69, 9.17) is 0 Å². The number of nitrogens with one attached hydrogen (secondary N) is 2. The van der Waals surface area contributed by atoms with Gasteiger partial charge < -0.3 is 0 Å². The Labute approximate surface area is 161 Å². The van der Waals surface area contributed by atoms with Gasteiger partial charge >= 0.3 is 0 Å². The predicted molar refractivity (Wildman–Crippen MR) is 102 cm³/mol. The summed E-state index contributed by atoms with van der Waals surface area (Å²) in [5.74, 6) is -0.793. The number of nitrogens with zero attached hydrogens (tertiary/aromatic N) is 3. The molecule has 0 saturated carbocycles. The van der Waals surface area contributed by atoms with Gasteiger partial charge in [0.25, 0.3) is 11.8 Å². The highest BCUT2D eigenvalue weighted by atomic mass is 32.2. The van der Waals surface area contributed by atoms with Crippen LogP contribution in [0.5, 0.6) is 0 Å². The van der Waals surface area contributed by atoms with E-state index >= 15 is 0 Å². The van der Waals surface area contributed by atoms with Crippen LogP contribution in [0.25, 0.3) is 0 Å². The normalized spacial score (nSPS) is 10.4. The second kappa shape index (κ2) is 8.50. The van der Waals surface area contributed by atoms with Crippen LogP contribution in [0, 0.1) is 13.8 Å². The van der Waals surface area contributed by atoms with Crippen molar-refractivity contribution in [2.45, 2.75) is 30.3 Å². The van der Waals surface area contributed by atoms with E-state index in [2.05, 4.69) is 20.9 Å². The second-order valence-corrected chi connectivity index (χ2v) is 6.92. The summed E-state index contributed by atoms with van der Waals surface area (Å²) in [6.45, 7) is 3.75. The molecule has 0 fully saturated rings. The van der Waals surface area contributed by atoms with Crippen LogP contribution in [-0.2, 0) is 11.3 Å². The van der Waals surface area contributed by atoms with Gasteiger partial charge in [0.2, 0.25) is 0 Å². The van der Waals surface area contributed by atoms with Crippen molar-refractivity contribution in [3.63, 3.8) is 0 Å². The first-order chi connectivity index (χ1) is 13.0. The Morgan fingerprint density at radius 1 is 1.07 bits per heavy atom. The van der Waals surface area contributed by atoms with Gasteiger partial charge in [-0.15, -0.1) is 0 Å². The molecule has 0 unspecified atom stereocenters. The SMILES string of the molecule is Cc1cc(C)n(CC(=O)NNC(=O)c2cccnc2Sc2ccccc2)n1.